The van der Waals surface area contributed by atoms with Crippen molar-refractivity contribution < 1.29 is 0 Å². The molecule has 2 rings (SSSR count). The Kier molecular flexibility index (Phi) is 3.32. The van der Waals surface area contributed by atoms with Crippen molar-refractivity contribution in [3.8, 4) is 0 Å². The molecule has 0 amide bonds. The molecule has 0 fully saturated rings. The van der Waals surface area contributed by atoms with Crippen molar-refractivity contribution in [1.29, 1.82) is 0 Å². The molecule has 0 bridgehead atoms. The lowest BCUT2D eigenvalue weighted by molar-refractivity contribution is 0.619. The summed E-state index contributed by atoms with van der Waals surface area (Å²) < 4.78 is 2.05. The Morgan fingerprint density at radius 1 is 1.47 bits per heavy atom. The van der Waals surface area contributed by atoms with Gasteiger partial charge in [0, 0.05) is 25.0 Å². The average molecular weight is 230 g/mol. The van der Waals surface area contributed by atoms with Crippen LogP contribution in [-0.2, 0) is 6.54 Å². The van der Waals surface area contributed by atoms with E-state index in [1.807, 2.05) is 29.2 Å². The van der Waals surface area contributed by atoms with Crippen LogP contribution in [-0.4, -0.2) is 15.6 Å². The minimum absolute atomic E-state index is 0.299. The van der Waals surface area contributed by atoms with Crippen LogP contribution in [0, 0.1) is 6.92 Å². The number of aryl methyl sites for hydroxylation is 1. The third kappa shape index (κ3) is 3.00. The van der Waals surface area contributed by atoms with Crippen molar-refractivity contribution >= 4 is 11.4 Å². The number of nitrogen functional groups attached to an aromatic ring is 1. The van der Waals surface area contributed by atoms with Crippen molar-refractivity contribution in [2.45, 2.75) is 26.4 Å². The summed E-state index contributed by atoms with van der Waals surface area (Å²) in [6.07, 6.45) is 5.56. The molecule has 90 valence electrons. The number of anilines is 2. The van der Waals surface area contributed by atoms with Gasteiger partial charge in [0.15, 0.2) is 0 Å². The Hall–Kier alpha value is -1.97. The van der Waals surface area contributed by atoms with E-state index in [2.05, 4.69) is 30.2 Å². The second-order valence-corrected chi connectivity index (χ2v) is 4.40. The van der Waals surface area contributed by atoms with Crippen molar-refractivity contribution in [3.05, 3.63) is 42.5 Å². The quantitative estimate of drug-likeness (QED) is 0.792. The monoisotopic (exact) mass is 230 g/mol. The molecule has 1 aromatic heterocycles. The number of nitrogens with zero attached hydrogens (tertiary/aromatic N) is 2. The molecule has 0 saturated carbocycles. The number of nitrogens with two attached hydrogens (primary N) is 1. The van der Waals surface area contributed by atoms with Gasteiger partial charge < -0.3 is 15.6 Å². The highest BCUT2D eigenvalue weighted by atomic mass is 15.1. The van der Waals surface area contributed by atoms with E-state index in [1.165, 1.54) is 5.56 Å². The van der Waals surface area contributed by atoms with Gasteiger partial charge in [-0.25, -0.2) is 4.98 Å². The third-order valence-corrected chi connectivity index (χ3v) is 2.65. The summed E-state index contributed by atoms with van der Waals surface area (Å²) in [4.78, 5) is 4.02. The summed E-state index contributed by atoms with van der Waals surface area (Å²) in [5.41, 5.74) is 8.92. The van der Waals surface area contributed by atoms with Crippen LogP contribution >= 0.6 is 0 Å². The normalized spacial score (nSPS) is 12.4. The van der Waals surface area contributed by atoms with Crippen molar-refractivity contribution in [1.82, 2.24) is 9.55 Å². The fraction of sp³-hybridized carbons (Fsp3) is 0.308. The first-order chi connectivity index (χ1) is 8.15. The molecule has 0 aliphatic heterocycles. The van der Waals surface area contributed by atoms with Gasteiger partial charge in [-0.1, -0.05) is 6.07 Å². The number of nitrogens with one attached hydrogen (secondary N) is 1. The Balaban J connectivity index is 2.02. The molecule has 4 nitrogen and oxygen atoms in total. The third-order valence-electron chi connectivity index (χ3n) is 2.65. The lowest BCUT2D eigenvalue weighted by atomic mass is 10.2. The first kappa shape index (κ1) is 11.5. The number of imidazole rings is 1. The van der Waals surface area contributed by atoms with Gasteiger partial charge in [0.2, 0.25) is 0 Å². The summed E-state index contributed by atoms with van der Waals surface area (Å²) in [5, 5.41) is 3.42. The molecule has 1 aromatic carbocycles. The summed E-state index contributed by atoms with van der Waals surface area (Å²) in [6, 6.07) is 6.32. The molecule has 0 spiro atoms. The van der Waals surface area contributed by atoms with Crippen LogP contribution in [0.15, 0.2) is 36.9 Å². The molecule has 1 unspecified atom stereocenters. The average Bonchev–Trinajstić information content (AvgIpc) is 2.76. The minimum Gasteiger partial charge on any atom is -0.397 e. The highest BCUT2D eigenvalue weighted by Crippen LogP contribution is 2.20. The lowest BCUT2D eigenvalue weighted by Crippen LogP contribution is -2.21. The smallest absolute Gasteiger partial charge is 0.0946 e. The fourth-order valence-electron chi connectivity index (χ4n) is 1.82. The zero-order chi connectivity index (χ0) is 12.3. The number of aromatic nitrogens is 2. The van der Waals surface area contributed by atoms with Crippen LogP contribution < -0.4 is 11.1 Å². The molecule has 1 heterocycles. The molecular weight excluding hydrogens is 212 g/mol. The predicted octanol–water partition coefficient (Wildman–Crippen LogP) is 2.27. The number of hydrogen-bond donors (Lipinski definition) is 2. The molecule has 0 saturated heterocycles. The molecule has 17 heavy (non-hydrogen) atoms. The Labute approximate surface area is 101 Å². The van der Waals surface area contributed by atoms with Gasteiger partial charge in [0.1, 0.15) is 0 Å². The van der Waals surface area contributed by atoms with E-state index < -0.39 is 0 Å². The first-order valence-corrected chi connectivity index (χ1v) is 5.73. The van der Waals surface area contributed by atoms with Crippen LogP contribution in [0.2, 0.25) is 0 Å². The molecule has 0 aliphatic carbocycles. The van der Waals surface area contributed by atoms with Crippen LogP contribution in [0.1, 0.15) is 12.5 Å². The van der Waals surface area contributed by atoms with Crippen molar-refractivity contribution in [2.75, 3.05) is 11.1 Å². The van der Waals surface area contributed by atoms with Gasteiger partial charge in [-0.2, -0.15) is 0 Å². The second kappa shape index (κ2) is 4.91. The molecule has 2 aromatic rings. The summed E-state index contributed by atoms with van der Waals surface area (Å²) >= 11 is 0. The van der Waals surface area contributed by atoms with Gasteiger partial charge in [-0.05, 0) is 31.5 Å². The summed E-state index contributed by atoms with van der Waals surface area (Å²) in [6.45, 7) is 5.06. The molecular formula is C13H18N4. The standard InChI is InChI=1S/C13H18N4/c1-10-3-4-12(14)13(7-10)16-11(2)8-17-6-5-15-9-17/h3-7,9,11,16H,8,14H2,1-2H3. The van der Waals surface area contributed by atoms with E-state index in [0.29, 0.717) is 6.04 Å². The van der Waals surface area contributed by atoms with Crippen molar-refractivity contribution in [3.63, 3.8) is 0 Å². The van der Waals surface area contributed by atoms with E-state index in [9.17, 15) is 0 Å². The first-order valence-electron chi connectivity index (χ1n) is 5.73. The zero-order valence-corrected chi connectivity index (χ0v) is 10.2. The Bertz CT molecular complexity index is 476. The molecule has 0 aliphatic rings. The van der Waals surface area contributed by atoms with Gasteiger partial charge in [-0.3, -0.25) is 0 Å². The highest BCUT2D eigenvalue weighted by molar-refractivity contribution is 5.67. The SMILES string of the molecule is Cc1ccc(N)c(NC(C)Cn2ccnc2)c1. The molecule has 1 atom stereocenters. The summed E-state index contributed by atoms with van der Waals surface area (Å²) in [5.74, 6) is 0. The minimum atomic E-state index is 0.299. The van der Waals surface area contributed by atoms with Crippen LogP contribution in [0.25, 0.3) is 0 Å². The zero-order valence-electron chi connectivity index (χ0n) is 10.2. The van der Waals surface area contributed by atoms with E-state index in [4.69, 9.17) is 5.73 Å². The highest BCUT2D eigenvalue weighted by Gasteiger charge is 2.05. The second-order valence-electron chi connectivity index (χ2n) is 4.40. The summed E-state index contributed by atoms with van der Waals surface area (Å²) in [7, 11) is 0. The predicted molar refractivity (Wildman–Crippen MR) is 70.9 cm³/mol. The van der Waals surface area contributed by atoms with E-state index in [0.717, 1.165) is 17.9 Å². The van der Waals surface area contributed by atoms with Gasteiger partial charge >= 0.3 is 0 Å². The van der Waals surface area contributed by atoms with E-state index >= 15 is 0 Å². The largest absolute Gasteiger partial charge is 0.397 e. The van der Waals surface area contributed by atoms with E-state index in [-0.39, 0.29) is 0 Å². The van der Waals surface area contributed by atoms with Gasteiger partial charge in [0.25, 0.3) is 0 Å². The molecule has 4 heteroatoms. The van der Waals surface area contributed by atoms with E-state index in [1.54, 1.807) is 6.20 Å². The lowest BCUT2D eigenvalue weighted by Gasteiger charge is -2.17. The van der Waals surface area contributed by atoms with Gasteiger partial charge in [-0.15, -0.1) is 0 Å². The number of hydrogen-bond acceptors (Lipinski definition) is 3. The van der Waals surface area contributed by atoms with Gasteiger partial charge in [0.05, 0.1) is 17.7 Å². The Morgan fingerprint density at radius 3 is 3.00 bits per heavy atom. The maximum Gasteiger partial charge on any atom is 0.0946 e. The molecule has 0 radical (unpaired) electrons. The van der Waals surface area contributed by atoms with Crippen LogP contribution in [0.5, 0.6) is 0 Å². The van der Waals surface area contributed by atoms with Crippen LogP contribution in [0.4, 0.5) is 11.4 Å². The number of benzene rings is 1. The number of rotatable bonds is 4. The maximum atomic E-state index is 5.93. The maximum absolute atomic E-state index is 5.93. The topological polar surface area (TPSA) is 55.9 Å². The Morgan fingerprint density at radius 2 is 2.29 bits per heavy atom. The molecule has 3 N–H and O–H groups in total. The fourth-order valence-corrected chi connectivity index (χ4v) is 1.82. The van der Waals surface area contributed by atoms with Crippen molar-refractivity contribution in [2.24, 2.45) is 0 Å². The van der Waals surface area contributed by atoms with Crippen LogP contribution in [0.3, 0.4) is 0 Å².